The number of hydrogen-bond acceptors (Lipinski definition) is 6. The Morgan fingerprint density at radius 2 is 1.50 bits per heavy atom. The first kappa shape index (κ1) is 29.1. The van der Waals surface area contributed by atoms with Gasteiger partial charge in [-0.2, -0.15) is 0 Å². The number of carboxylic acid groups (broad SMARTS) is 1. The van der Waals surface area contributed by atoms with Crippen LogP contribution in [0.25, 0.3) is 0 Å². The van der Waals surface area contributed by atoms with Gasteiger partial charge < -0.3 is 31.9 Å². The largest absolute Gasteiger partial charge is 0.480 e. The Balaban J connectivity index is 3.14. The summed E-state index contributed by atoms with van der Waals surface area (Å²) in [5.74, 6) is -3.33. The van der Waals surface area contributed by atoms with Gasteiger partial charge in [0.15, 0.2) is 0 Å². The van der Waals surface area contributed by atoms with Crippen LogP contribution in [0.15, 0.2) is 30.3 Å². The van der Waals surface area contributed by atoms with Crippen molar-refractivity contribution >= 4 is 23.7 Å². The second kappa shape index (κ2) is 14.3. The zero-order valence-corrected chi connectivity index (χ0v) is 20.3. The molecule has 190 valence electrons. The van der Waals surface area contributed by atoms with Crippen molar-refractivity contribution in [3.63, 3.8) is 0 Å². The van der Waals surface area contributed by atoms with E-state index in [0.717, 1.165) is 5.56 Å². The molecule has 1 aromatic carbocycles. The fourth-order valence-electron chi connectivity index (χ4n) is 3.33. The summed E-state index contributed by atoms with van der Waals surface area (Å²) in [5.41, 5.74) is 6.34. The minimum absolute atomic E-state index is 0.0318. The van der Waals surface area contributed by atoms with Crippen molar-refractivity contribution in [3.05, 3.63) is 35.9 Å². The van der Waals surface area contributed by atoms with Crippen molar-refractivity contribution in [1.82, 2.24) is 16.0 Å². The van der Waals surface area contributed by atoms with E-state index in [0.29, 0.717) is 6.42 Å². The summed E-state index contributed by atoms with van der Waals surface area (Å²) < 4.78 is 0. The number of nitrogens with two attached hydrogens (primary N) is 1. The van der Waals surface area contributed by atoms with E-state index in [2.05, 4.69) is 16.0 Å². The van der Waals surface area contributed by atoms with Crippen molar-refractivity contribution in [2.24, 2.45) is 17.6 Å². The van der Waals surface area contributed by atoms with Crippen LogP contribution in [0.5, 0.6) is 0 Å². The topological polar surface area (TPSA) is 171 Å². The summed E-state index contributed by atoms with van der Waals surface area (Å²) in [6.07, 6.45) is 0.916. The molecule has 1 aromatic rings. The third kappa shape index (κ3) is 9.48. The van der Waals surface area contributed by atoms with Crippen LogP contribution in [-0.2, 0) is 25.6 Å². The Labute approximate surface area is 200 Å². The van der Waals surface area contributed by atoms with E-state index in [1.54, 1.807) is 31.2 Å². The van der Waals surface area contributed by atoms with Crippen molar-refractivity contribution < 1.29 is 29.4 Å². The molecule has 0 aliphatic rings. The highest BCUT2D eigenvalue weighted by molar-refractivity contribution is 5.94. The molecule has 7 N–H and O–H groups in total. The third-order valence-electron chi connectivity index (χ3n) is 5.56. The average molecular weight is 479 g/mol. The number of aliphatic hydroxyl groups excluding tert-OH is 1. The van der Waals surface area contributed by atoms with Crippen molar-refractivity contribution in [2.45, 2.75) is 71.1 Å². The number of amides is 3. The Morgan fingerprint density at radius 3 is 2.00 bits per heavy atom. The summed E-state index contributed by atoms with van der Waals surface area (Å²) in [5, 5.41) is 26.4. The normalized spacial score (nSPS) is 15.5. The van der Waals surface area contributed by atoms with E-state index in [9.17, 15) is 24.3 Å². The van der Waals surface area contributed by atoms with Gasteiger partial charge in [0.25, 0.3) is 0 Å². The van der Waals surface area contributed by atoms with Gasteiger partial charge in [0.05, 0.1) is 6.61 Å². The van der Waals surface area contributed by atoms with Gasteiger partial charge in [-0.3, -0.25) is 14.4 Å². The SMILES string of the molecule is CCC(C)C(NC(=O)C(N)CO)C(=O)NC(Cc1ccccc1)C(=O)NC(CC(C)C)C(=O)O. The molecule has 10 nitrogen and oxygen atoms in total. The van der Waals surface area contributed by atoms with E-state index in [-0.39, 0.29) is 24.7 Å². The average Bonchev–Trinajstić information content (AvgIpc) is 2.80. The van der Waals surface area contributed by atoms with Crippen LogP contribution >= 0.6 is 0 Å². The Kier molecular flexibility index (Phi) is 12.2. The minimum atomic E-state index is -1.19. The number of nitrogens with one attached hydrogen (secondary N) is 3. The zero-order chi connectivity index (χ0) is 25.8. The second-order valence-corrected chi connectivity index (χ2v) is 8.94. The Bertz CT molecular complexity index is 817. The molecule has 1 rings (SSSR count). The number of rotatable bonds is 14. The van der Waals surface area contributed by atoms with Gasteiger partial charge in [0.2, 0.25) is 17.7 Å². The molecule has 0 saturated carbocycles. The molecule has 3 amide bonds. The third-order valence-corrected chi connectivity index (χ3v) is 5.56. The molecule has 0 radical (unpaired) electrons. The van der Waals surface area contributed by atoms with Crippen molar-refractivity contribution in [1.29, 1.82) is 0 Å². The van der Waals surface area contributed by atoms with Crippen LogP contribution < -0.4 is 21.7 Å². The van der Waals surface area contributed by atoms with Crippen LogP contribution in [0.4, 0.5) is 0 Å². The predicted molar refractivity (Wildman–Crippen MR) is 128 cm³/mol. The van der Waals surface area contributed by atoms with Gasteiger partial charge in [0.1, 0.15) is 24.2 Å². The number of aliphatic hydroxyl groups is 1. The van der Waals surface area contributed by atoms with E-state index >= 15 is 0 Å². The van der Waals surface area contributed by atoms with Crippen LogP contribution in [0, 0.1) is 11.8 Å². The maximum Gasteiger partial charge on any atom is 0.326 e. The molecule has 0 bridgehead atoms. The lowest BCUT2D eigenvalue weighted by Crippen LogP contribution is -2.59. The minimum Gasteiger partial charge on any atom is -0.480 e. The van der Waals surface area contributed by atoms with Crippen LogP contribution in [0.3, 0.4) is 0 Å². The number of carbonyl (C=O) groups excluding carboxylic acids is 3. The molecule has 0 aromatic heterocycles. The van der Waals surface area contributed by atoms with Gasteiger partial charge in [-0.05, 0) is 23.8 Å². The number of carboxylic acids is 1. The monoisotopic (exact) mass is 478 g/mol. The fraction of sp³-hybridized carbons (Fsp3) is 0.583. The van der Waals surface area contributed by atoms with Crippen LogP contribution in [-0.4, -0.2) is 64.7 Å². The molecule has 0 aliphatic heterocycles. The summed E-state index contributed by atoms with van der Waals surface area (Å²) in [6.45, 7) is 6.74. The molecule has 0 spiro atoms. The van der Waals surface area contributed by atoms with Crippen molar-refractivity contribution in [3.8, 4) is 0 Å². The highest BCUT2D eigenvalue weighted by Gasteiger charge is 2.32. The Hall–Kier alpha value is -2.98. The smallest absolute Gasteiger partial charge is 0.326 e. The molecule has 0 fully saturated rings. The summed E-state index contributed by atoms with van der Waals surface area (Å²) in [6, 6.07) is 4.65. The first-order valence-electron chi connectivity index (χ1n) is 11.5. The van der Waals surface area contributed by atoms with Gasteiger partial charge in [-0.1, -0.05) is 64.4 Å². The molecule has 0 heterocycles. The molecule has 0 saturated heterocycles. The fourth-order valence-corrected chi connectivity index (χ4v) is 3.33. The highest BCUT2D eigenvalue weighted by atomic mass is 16.4. The predicted octanol–water partition coefficient (Wildman–Crippen LogP) is 0.180. The number of benzene rings is 1. The zero-order valence-electron chi connectivity index (χ0n) is 20.3. The maximum atomic E-state index is 13.2. The first-order valence-corrected chi connectivity index (χ1v) is 11.5. The number of hydrogen-bond donors (Lipinski definition) is 6. The summed E-state index contributed by atoms with van der Waals surface area (Å²) >= 11 is 0. The van der Waals surface area contributed by atoms with Crippen molar-refractivity contribution in [2.75, 3.05) is 6.61 Å². The summed E-state index contributed by atoms with van der Waals surface area (Å²) in [7, 11) is 0. The van der Waals surface area contributed by atoms with E-state index in [4.69, 9.17) is 10.8 Å². The number of aliphatic carboxylic acids is 1. The van der Waals surface area contributed by atoms with Gasteiger partial charge in [-0.25, -0.2) is 4.79 Å². The standard InChI is InChI=1S/C24H38N4O6/c1-5-15(4)20(28-21(30)17(25)13-29)23(32)26-18(12-16-9-7-6-8-10-16)22(31)27-19(24(33)34)11-14(2)3/h6-10,14-15,17-20,29H,5,11-13,25H2,1-4H3,(H,26,32)(H,27,31)(H,28,30)(H,33,34). The van der Waals surface area contributed by atoms with E-state index < -0.39 is 54.5 Å². The second-order valence-electron chi connectivity index (χ2n) is 8.94. The lowest BCUT2D eigenvalue weighted by atomic mass is 9.96. The molecule has 10 heteroatoms. The molecule has 5 unspecified atom stereocenters. The van der Waals surface area contributed by atoms with Crippen LogP contribution in [0.1, 0.15) is 46.1 Å². The molecular formula is C24H38N4O6. The van der Waals surface area contributed by atoms with Crippen LogP contribution in [0.2, 0.25) is 0 Å². The first-order chi connectivity index (χ1) is 16.0. The van der Waals surface area contributed by atoms with E-state index in [1.807, 2.05) is 26.8 Å². The lowest BCUT2D eigenvalue weighted by molar-refractivity contribution is -0.142. The summed E-state index contributed by atoms with van der Waals surface area (Å²) in [4.78, 5) is 50.1. The van der Waals surface area contributed by atoms with Gasteiger partial charge in [-0.15, -0.1) is 0 Å². The maximum absolute atomic E-state index is 13.2. The lowest BCUT2D eigenvalue weighted by Gasteiger charge is -2.28. The molecular weight excluding hydrogens is 440 g/mol. The number of carbonyl (C=O) groups is 4. The van der Waals surface area contributed by atoms with Gasteiger partial charge in [0, 0.05) is 6.42 Å². The highest BCUT2D eigenvalue weighted by Crippen LogP contribution is 2.11. The molecule has 0 aliphatic carbocycles. The molecule has 5 atom stereocenters. The Morgan fingerprint density at radius 1 is 0.912 bits per heavy atom. The van der Waals surface area contributed by atoms with Gasteiger partial charge >= 0.3 is 5.97 Å². The quantitative estimate of drug-likeness (QED) is 0.221. The van der Waals surface area contributed by atoms with E-state index in [1.165, 1.54) is 0 Å². The molecule has 34 heavy (non-hydrogen) atoms.